The van der Waals surface area contributed by atoms with Gasteiger partial charge in [-0.2, -0.15) is 0 Å². The summed E-state index contributed by atoms with van der Waals surface area (Å²) in [7, 11) is -2.68. The number of rotatable bonds is 11. The fourth-order valence-corrected chi connectivity index (χ4v) is 5.43. The van der Waals surface area contributed by atoms with Gasteiger partial charge >= 0.3 is 0 Å². The quantitative estimate of drug-likeness (QED) is 0.377. The van der Waals surface area contributed by atoms with Crippen molar-refractivity contribution in [3.8, 4) is 5.75 Å². The molecule has 0 fully saturated rings. The predicted molar refractivity (Wildman–Crippen MR) is 149 cm³/mol. The summed E-state index contributed by atoms with van der Waals surface area (Å²) in [5, 5.41) is 3.17. The lowest BCUT2D eigenvalue weighted by molar-refractivity contribution is -0.139. The van der Waals surface area contributed by atoms with E-state index in [1.165, 1.54) is 48.4 Å². The Labute approximate surface area is 229 Å². The standard InChI is InChI=1S/C28H32ClN3O5S/c1-5-30-28(34)21(3)31(18-22-9-7-6-8-20(22)2)27(33)19-32(24-12-10-23(29)11-13-24)38(35,36)26-16-14-25(37-4)15-17-26/h6-17,21H,5,18-19H2,1-4H3,(H,30,34). The van der Waals surface area contributed by atoms with Gasteiger partial charge in [-0.25, -0.2) is 8.42 Å². The first-order chi connectivity index (χ1) is 18.1. The number of ether oxygens (including phenoxy) is 1. The average molecular weight is 558 g/mol. The summed E-state index contributed by atoms with van der Waals surface area (Å²) in [6, 6.07) is 18.8. The highest BCUT2D eigenvalue weighted by molar-refractivity contribution is 7.92. The molecule has 3 aromatic rings. The van der Waals surface area contributed by atoms with E-state index in [0.717, 1.165) is 15.4 Å². The molecule has 0 aliphatic heterocycles. The van der Waals surface area contributed by atoms with Crippen molar-refractivity contribution >= 4 is 39.1 Å². The third-order valence-electron chi connectivity index (χ3n) is 6.16. The molecule has 0 saturated heterocycles. The molecule has 202 valence electrons. The van der Waals surface area contributed by atoms with E-state index in [1.54, 1.807) is 26.0 Å². The number of hydrogen-bond donors (Lipinski definition) is 1. The first kappa shape index (κ1) is 29.0. The van der Waals surface area contributed by atoms with Crippen LogP contribution < -0.4 is 14.4 Å². The lowest BCUT2D eigenvalue weighted by Gasteiger charge is -2.32. The number of anilines is 1. The molecule has 1 atom stereocenters. The van der Waals surface area contributed by atoms with Crippen LogP contribution in [0.1, 0.15) is 25.0 Å². The minimum atomic E-state index is -4.17. The van der Waals surface area contributed by atoms with Gasteiger partial charge in [0.05, 0.1) is 17.7 Å². The van der Waals surface area contributed by atoms with Gasteiger partial charge in [-0.05, 0) is 80.4 Å². The summed E-state index contributed by atoms with van der Waals surface area (Å²) in [6.45, 7) is 5.36. The van der Waals surface area contributed by atoms with Gasteiger partial charge in [0.15, 0.2) is 0 Å². The molecular formula is C28H32ClN3O5S. The molecule has 0 bridgehead atoms. The molecule has 3 aromatic carbocycles. The minimum absolute atomic E-state index is 0.0109. The third kappa shape index (κ3) is 6.85. The topological polar surface area (TPSA) is 96.0 Å². The molecule has 1 unspecified atom stereocenters. The number of likely N-dealkylation sites (N-methyl/N-ethyl adjacent to an activating group) is 1. The summed E-state index contributed by atoms with van der Waals surface area (Å²) < 4.78 is 33.8. The molecule has 1 N–H and O–H groups in total. The van der Waals surface area contributed by atoms with Gasteiger partial charge in [0.2, 0.25) is 11.8 Å². The number of amides is 2. The zero-order chi connectivity index (χ0) is 27.9. The number of halogens is 1. The lowest BCUT2D eigenvalue weighted by atomic mass is 10.1. The number of carbonyl (C=O) groups excluding carboxylic acids is 2. The van der Waals surface area contributed by atoms with Gasteiger partial charge in [-0.1, -0.05) is 35.9 Å². The zero-order valence-electron chi connectivity index (χ0n) is 21.8. The van der Waals surface area contributed by atoms with Crippen LogP contribution in [-0.2, 0) is 26.2 Å². The fraction of sp³-hybridized carbons (Fsp3) is 0.286. The molecule has 0 aliphatic carbocycles. The second kappa shape index (κ2) is 12.8. The van der Waals surface area contributed by atoms with Gasteiger partial charge < -0.3 is 15.0 Å². The molecule has 0 saturated carbocycles. The highest BCUT2D eigenvalue weighted by atomic mass is 35.5. The van der Waals surface area contributed by atoms with Crippen LogP contribution in [0.3, 0.4) is 0 Å². The number of nitrogens with one attached hydrogen (secondary N) is 1. The fourth-order valence-electron chi connectivity index (χ4n) is 3.89. The largest absolute Gasteiger partial charge is 0.497 e. The monoisotopic (exact) mass is 557 g/mol. The van der Waals surface area contributed by atoms with E-state index in [-0.39, 0.29) is 23.0 Å². The summed E-state index contributed by atoms with van der Waals surface area (Å²) in [5.41, 5.74) is 2.07. The molecule has 38 heavy (non-hydrogen) atoms. The van der Waals surface area contributed by atoms with Crippen molar-refractivity contribution in [1.29, 1.82) is 0 Å². The Balaban J connectivity index is 2.03. The van der Waals surface area contributed by atoms with Crippen LogP contribution in [0.4, 0.5) is 5.69 Å². The van der Waals surface area contributed by atoms with Crippen LogP contribution in [0, 0.1) is 6.92 Å². The number of nitrogens with zero attached hydrogens (tertiary/aromatic N) is 2. The number of hydrogen-bond acceptors (Lipinski definition) is 5. The minimum Gasteiger partial charge on any atom is -0.497 e. The number of carbonyl (C=O) groups is 2. The van der Waals surface area contributed by atoms with E-state index >= 15 is 0 Å². The molecule has 0 heterocycles. The molecule has 8 nitrogen and oxygen atoms in total. The average Bonchev–Trinajstić information content (AvgIpc) is 2.91. The van der Waals surface area contributed by atoms with Crippen molar-refractivity contribution in [3.05, 3.63) is 88.9 Å². The Hall–Kier alpha value is -3.56. The van der Waals surface area contributed by atoms with Crippen molar-refractivity contribution in [2.45, 2.75) is 38.3 Å². The molecule has 3 rings (SSSR count). The van der Waals surface area contributed by atoms with Gasteiger partial charge in [0, 0.05) is 18.1 Å². The first-order valence-electron chi connectivity index (χ1n) is 12.1. The summed E-state index contributed by atoms with van der Waals surface area (Å²) in [6.07, 6.45) is 0. The predicted octanol–water partition coefficient (Wildman–Crippen LogP) is 4.41. The van der Waals surface area contributed by atoms with Crippen molar-refractivity contribution in [2.24, 2.45) is 0 Å². The van der Waals surface area contributed by atoms with Gasteiger partial charge in [0.25, 0.3) is 10.0 Å². The molecular weight excluding hydrogens is 526 g/mol. The maximum absolute atomic E-state index is 13.8. The van der Waals surface area contributed by atoms with Crippen LogP contribution in [0.25, 0.3) is 0 Å². The molecule has 2 amide bonds. The molecule has 10 heteroatoms. The number of sulfonamides is 1. The first-order valence-corrected chi connectivity index (χ1v) is 13.9. The number of benzene rings is 3. The van der Waals surface area contributed by atoms with Crippen molar-refractivity contribution in [1.82, 2.24) is 10.2 Å². The maximum Gasteiger partial charge on any atom is 0.264 e. The normalized spacial score (nSPS) is 11.9. The maximum atomic E-state index is 13.8. The van der Waals surface area contributed by atoms with Gasteiger partial charge in [0.1, 0.15) is 18.3 Å². The Kier molecular flexibility index (Phi) is 9.77. The van der Waals surface area contributed by atoms with Crippen LogP contribution in [0.5, 0.6) is 5.75 Å². The SMILES string of the molecule is CCNC(=O)C(C)N(Cc1ccccc1C)C(=O)CN(c1ccc(Cl)cc1)S(=O)(=O)c1ccc(OC)cc1. The number of aryl methyl sites for hydroxylation is 1. The smallest absolute Gasteiger partial charge is 0.264 e. The number of methoxy groups -OCH3 is 1. The Morgan fingerprint density at radius 1 is 1.00 bits per heavy atom. The van der Waals surface area contributed by atoms with Crippen molar-refractivity contribution < 1.29 is 22.7 Å². The van der Waals surface area contributed by atoms with E-state index in [9.17, 15) is 18.0 Å². The van der Waals surface area contributed by atoms with Crippen LogP contribution in [0.15, 0.2) is 77.7 Å². The van der Waals surface area contributed by atoms with E-state index in [2.05, 4.69) is 5.32 Å². The molecule has 0 spiro atoms. The Morgan fingerprint density at radius 2 is 1.63 bits per heavy atom. The van der Waals surface area contributed by atoms with Crippen LogP contribution in [0.2, 0.25) is 5.02 Å². The van der Waals surface area contributed by atoms with Crippen LogP contribution in [-0.4, -0.2) is 51.4 Å². The summed E-state index contributed by atoms with van der Waals surface area (Å²) >= 11 is 6.05. The third-order valence-corrected chi connectivity index (χ3v) is 8.20. The second-order valence-electron chi connectivity index (χ2n) is 8.68. The molecule has 0 aromatic heterocycles. The summed E-state index contributed by atoms with van der Waals surface area (Å²) in [4.78, 5) is 28.0. The van der Waals surface area contributed by atoms with Crippen molar-refractivity contribution in [3.63, 3.8) is 0 Å². The highest BCUT2D eigenvalue weighted by Gasteiger charge is 2.32. The van der Waals surface area contributed by atoms with Crippen LogP contribution >= 0.6 is 11.6 Å². The van der Waals surface area contributed by atoms with E-state index < -0.39 is 28.5 Å². The van der Waals surface area contributed by atoms with Gasteiger partial charge in [-0.15, -0.1) is 0 Å². The Morgan fingerprint density at radius 3 is 2.21 bits per heavy atom. The second-order valence-corrected chi connectivity index (χ2v) is 11.0. The molecule has 0 aliphatic rings. The molecule has 0 radical (unpaired) electrons. The lowest BCUT2D eigenvalue weighted by Crippen LogP contribution is -2.51. The highest BCUT2D eigenvalue weighted by Crippen LogP contribution is 2.27. The van der Waals surface area contributed by atoms with E-state index in [0.29, 0.717) is 17.3 Å². The summed E-state index contributed by atoms with van der Waals surface area (Å²) in [5.74, 6) is -0.359. The van der Waals surface area contributed by atoms with E-state index in [4.69, 9.17) is 16.3 Å². The zero-order valence-corrected chi connectivity index (χ0v) is 23.4. The van der Waals surface area contributed by atoms with E-state index in [1.807, 2.05) is 31.2 Å². The van der Waals surface area contributed by atoms with Gasteiger partial charge in [-0.3, -0.25) is 13.9 Å². The van der Waals surface area contributed by atoms with Crippen molar-refractivity contribution in [2.75, 3.05) is 24.5 Å². The Bertz CT molecular complexity index is 1360.